The molecular weight excluding hydrogens is 282 g/mol. The summed E-state index contributed by atoms with van der Waals surface area (Å²) in [5.41, 5.74) is 1.47. The van der Waals surface area contributed by atoms with E-state index in [1.165, 1.54) is 6.42 Å². The fourth-order valence-electron chi connectivity index (χ4n) is 2.57. The number of thioether (sulfide) groups is 1. The smallest absolute Gasteiger partial charge is 0.251 e. The number of benzene rings is 1. The van der Waals surface area contributed by atoms with Gasteiger partial charge in [-0.15, -0.1) is 0 Å². The number of carbonyl (C=O) groups is 1. The molecule has 1 aliphatic carbocycles. The number of aliphatic hydroxyl groups is 1. The van der Waals surface area contributed by atoms with Crippen molar-refractivity contribution in [3.8, 4) is 11.8 Å². The molecule has 1 aliphatic rings. The summed E-state index contributed by atoms with van der Waals surface area (Å²) >= 11 is 1.99. The van der Waals surface area contributed by atoms with Gasteiger partial charge in [0.15, 0.2) is 0 Å². The van der Waals surface area contributed by atoms with Gasteiger partial charge < -0.3 is 10.4 Å². The van der Waals surface area contributed by atoms with Gasteiger partial charge in [-0.05, 0) is 49.3 Å². The highest BCUT2D eigenvalue weighted by Crippen LogP contribution is 2.29. The monoisotopic (exact) mass is 303 g/mol. The Morgan fingerprint density at radius 1 is 1.38 bits per heavy atom. The lowest BCUT2D eigenvalue weighted by molar-refractivity contribution is 0.0938. The highest BCUT2D eigenvalue weighted by atomic mass is 32.2. The molecule has 0 spiro atoms. The van der Waals surface area contributed by atoms with Gasteiger partial charge in [-0.1, -0.05) is 18.8 Å². The van der Waals surface area contributed by atoms with Gasteiger partial charge in [0.2, 0.25) is 0 Å². The first-order valence-corrected chi connectivity index (χ1v) is 8.40. The highest BCUT2D eigenvalue weighted by molar-refractivity contribution is 7.99. The largest absolute Gasteiger partial charge is 0.384 e. The van der Waals surface area contributed by atoms with E-state index in [1.807, 2.05) is 23.9 Å². The second-order valence-corrected chi connectivity index (χ2v) is 6.68. The number of amides is 1. The molecule has 0 bridgehead atoms. The molecule has 4 heteroatoms. The number of hydrogen-bond donors (Lipinski definition) is 2. The molecule has 2 atom stereocenters. The van der Waals surface area contributed by atoms with E-state index < -0.39 is 0 Å². The summed E-state index contributed by atoms with van der Waals surface area (Å²) in [5.74, 6) is 6.54. The molecule has 21 heavy (non-hydrogen) atoms. The second kappa shape index (κ2) is 8.11. The molecular formula is C17H21NO2S. The third-order valence-corrected chi connectivity index (χ3v) is 4.81. The molecule has 0 heterocycles. The quantitative estimate of drug-likeness (QED) is 0.840. The summed E-state index contributed by atoms with van der Waals surface area (Å²) in [6, 6.07) is 7.48. The van der Waals surface area contributed by atoms with Crippen molar-refractivity contribution in [3.05, 3.63) is 35.4 Å². The van der Waals surface area contributed by atoms with Gasteiger partial charge in [-0.25, -0.2) is 0 Å². The molecule has 1 aromatic carbocycles. The molecule has 0 aliphatic heterocycles. The van der Waals surface area contributed by atoms with Crippen molar-refractivity contribution in [2.24, 2.45) is 0 Å². The van der Waals surface area contributed by atoms with E-state index in [-0.39, 0.29) is 12.5 Å². The number of nitrogens with one attached hydrogen (secondary N) is 1. The molecule has 2 rings (SSSR count). The molecule has 0 saturated heterocycles. The SMILES string of the molecule is CCSC1CCC(NC(=O)c2ccc(C#CCO)cc2)C1. The Balaban J connectivity index is 1.89. The summed E-state index contributed by atoms with van der Waals surface area (Å²) in [7, 11) is 0. The fraction of sp³-hybridized carbons (Fsp3) is 0.471. The van der Waals surface area contributed by atoms with Crippen LogP contribution in [0.1, 0.15) is 42.1 Å². The van der Waals surface area contributed by atoms with E-state index in [0.29, 0.717) is 16.9 Å². The summed E-state index contributed by atoms with van der Waals surface area (Å²) < 4.78 is 0. The van der Waals surface area contributed by atoms with Crippen molar-refractivity contribution in [2.45, 2.75) is 37.5 Å². The summed E-state index contributed by atoms with van der Waals surface area (Å²) in [5, 5.41) is 12.5. The normalized spacial score (nSPS) is 20.7. The predicted octanol–water partition coefficient (Wildman–Crippen LogP) is 2.43. The minimum Gasteiger partial charge on any atom is -0.384 e. The van der Waals surface area contributed by atoms with Crippen LogP contribution in [0.5, 0.6) is 0 Å². The lowest BCUT2D eigenvalue weighted by Crippen LogP contribution is -2.33. The first-order valence-electron chi connectivity index (χ1n) is 7.35. The average Bonchev–Trinajstić information content (AvgIpc) is 2.93. The maximum absolute atomic E-state index is 12.2. The zero-order chi connectivity index (χ0) is 15.1. The van der Waals surface area contributed by atoms with E-state index in [4.69, 9.17) is 5.11 Å². The van der Waals surface area contributed by atoms with Gasteiger partial charge in [0.1, 0.15) is 6.61 Å². The third-order valence-electron chi connectivity index (χ3n) is 3.58. The molecule has 1 fully saturated rings. The van der Waals surface area contributed by atoms with Crippen LogP contribution in [-0.4, -0.2) is 34.7 Å². The van der Waals surface area contributed by atoms with Crippen molar-refractivity contribution in [1.29, 1.82) is 0 Å². The van der Waals surface area contributed by atoms with Crippen LogP contribution in [0.2, 0.25) is 0 Å². The van der Waals surface area contributed by atoms with Crippen molar-refractivity contribution in [3.63, 3.8) is 0 Å². The number of aliphatic hydroxyl groups excluding tert-OH is 1. The Hall–Kier alpha value is -1.44. The fourth-order valence-corrected chi connectivity index (χ4v) is 3.72. The molecule has 1 aromatic rings. The number of hydrogen-bond acceptors (Lipinski definition) is 3. The first kappa shape index (κ1) is 15.9. The molecule has 2 unspecified atom stereocenters. The van der Waals surface area contributed by atoms with Crippen molar-refractivity contribution in [2.75, 3.05) is 12.4 Å². The predicted molar refractivity (Wildman–Crippen MR) is 87.4 cm³/mol. The minimum absolute atomic E-state index is 0.0104. The zero-order valence-corrected chi connectivity index (χ0v) is 13.1. The van der Waals surface area contributed by atoms with Gasteiger partial charge in [-0.2, -0.15) is 11.8 Å². The van der Waals surface area contributed by atoms with Crippen LogP contribution >= 0.6 is 11.8 Å². The zero-order valence-electron chi connectivity index (χ0n) is 12.3. The van der Waals surface area contributed by atoms with Crippen molar-refractivity contribution >= 4 is 17.7 Å². The van der Waals surface area contributed by atoms with Gasteiger partial charge >= 0.3 is 0 Å². The molecule has 1 amide bonds. The van der Waals surface area contributed by atoms with Gasteiger partial charge in [-0.3, -0.25) is 4.79 Å². The lowest BCUT2D eigenvalue weighted by Gasteiger charge is -2.13. The second-order valence-electron chi connectivity index (χ2n) is 5.10. The van der Waals surface area contributed by atoms with E-state index >= 15 is 0 Å². The molecule has 2 N–H and O–H groups in total. The molecule has 112 valence electrons. The van der Waals surface area contributed by atoms with Crippen LogP contribution in [0, 0.1) is 11.8 Å². The average molecular weight is 303 g/mol. The highest BCUT2D eigenvalue weighted by Gasteiger charge is 2.25. The van der Waals surface area contributed by atoms with Crippen LogP contribution in [-0.2, 0) is 0 Å². The molecule has 1 saturated carbocycles. The maximum Gasteiger partial charge on any atom is 0.251 e. The minimum atomic E-state index is -0.152. The van der Waals surface area contributed by atoms with Crippen LogP contribution in [0.3, 0.4) is 0 Å². The summed E-state index contributed by atoms with van der Waals surface area (Å²) in [6.07, 6.45) is 3.34. The standard InChI is InChI=1S/C17H21NO2S/c1-2-21-16-10-9-15(12-16)18-17(20)14-7-5-13(6-8-14)4-3-11-19/h5-8,15-16,19H,2,9-12H2,1H3,(H,18,20). The van der Waals surface area contributed by atoms with E-state index in [9.17, 15) is 4.79 Å². The first-order chi connectivity index (χ1) is 10.2. The lowest BCUT2D eigenvalue weighted by atomic mass is 10.1. The Morgan fingerprint density at radius 2 is 2.14 bits per heavy atom. The Morgan fingerprint density at radius 3 is 2.81 bits per heavy atom. The summed E-state index contributed by atoms with van der Waals surface area (Å²) in [4.78, 5) is 12.2. The van der Waals surface area contributed by atoms with E-state index in [2.05, 4.69) is 24.1 Å². The Labute approximate surface area is 130 Å². The van der Waals surface area contributed by atoms with Crippen LogP contribution in [0.25, 0.3) is 0 Å². The third kappa shape index (κ3) is 4.80. The summed E-state index contributed by atoms with van der Waals surface area (Å²) in [6.45, 7) is 2.03. The topological polar surface area (TPSA) is 49.3 Å². The van der Waals surface area contributed by atoms with Gasteiger partial charge in [0.25, 0.3) is 5.91 Å². The Kier molecular flexibility index (Phi) is 6.16. The number of rotatable bonds is 4. The Bertz CT molecular complexity index is 530. The van der Waals surface area contributed by atoms with Crippen LogP contribution < -0.4 is 5.32 Å². The van der Waals surface area contributed by atoms with Crippen LogP contribution in [0.4, 0.5) is 0 Å². The number of carbonyl (C=O) groups excluding carboxylic acids is 1. The van der Waals surface area contributed by atoms with Gasteiger partial charge in [0.05, 0.1) is 0 Å². The van der Waals surface area contributed by atoms with E-state index in [1.54, 1.807) is 12.1 Å². The van der Waals surface area contributed by atoms with Crippen molar-refractivity contribution < 1.29 is 9.90 Å². The molecule has 0 aromatic heterocycles. The maximum atomic E-state index is 12.2. The molecule has 0 radical (unpaired) electrons. The van der Waals surface area contributed by atoms with Gasteiger partial charge in [0, 0.05) is 22.4 Å². The van der Waals surface area contributed by atoms with E-state index in [0.717, 1.165) is 24.2 Å². The van der Waals surface area contributed by atoms with Crippen molar-refractivity contribution in [1.82, 2.24) is 5.32 Å². The molecule has 3 nitrogen and oxygen atoms in total. The van der Waals surface area contributed by atoms with Crippen LogP contribution in [0.15, 0.2) is 24.3 Å².